The first-order valence-corrected chi connectivity index (χ1v) is 5.08. The second-order valence-electron chi connectivity index (χ2n) is 3.75. The van der Waals surface area contributed by atoms with Crippen molar-refractivity contribution in [1.29, 1.82) is 0 Å². The molecule has 0 aliphatic rings. The lowest BCUT2D eigenvalue weighted by molar-refractivity contribution is 0.0696. The standard InChI is InChI=1S/C13H6F4O2/c14-9-2-1-6(4-10(9)15)8-3-7(13(18)19)5-11(16)12(8)17/h1-5H,(H,18,19). The van der Waals surface area contributed by atoms with Crippen molar-refractivity contribution >= 4 is 5.97 Å². The van der Waals surface area contributed by atoms with Gasteiger partial charge in [0.1, 0.15) is 0 Å². The molecule has 0 heterocycles. The van der Waals surface area contributed by atoms with E-state index in [1.165, 1.54) is 0 Å². The summed E-state index contributed by atoms with van der Waals surface area (Å²) in [5, 5.41) is 8.75. The number of benzene rings is 2. The third-order valence-corrected chi connectivity index (χ3v) is 2.51. The van der Waals surface area contributed by atoms with Crippen molar-refractivity contribution in [3.8, 4) is 11.1 Å². The molecule has 0 aliphatic heterocycles. The fourth-order valence-electron chi connectivity index (χ4n) is 1.59. The van der Waals surface area contributed by atoms with Crippen LogP contribution in [0.5, 0.6) is 0 Å². The van der Waals surface area contributed by atoms with Crippen molar-refractivity contribution in [1.82, 2.24) is 0 Å². The van der Waals surface area contributed by atoms with Crippen molar-refractivity contribution < 1.29 is 27.5 Å². The van der Waals surface area contributed by atoms with Crippen molar-refractivity contribution in [2.75, 3.05) is 0 Å². The second-order valence-corrected chi connectivity index (χ2v) is 3.75. The van der Waals surface area contributed by atoms with Crippen molar-refractivity contribution in [2.45, 2.75) is 0 Å². The van der Waals surface area contributed by atoms with Gasteiger partial charge < -0.3 is 5.11 Å². The molecule has 0 unspecified atom stereocenters. The molecule has 0 aromatic heterocycles. The Hall–Kier alpha value is -2.37. The smallest absolute Gasteiger partial charge is 0.335 e. The summed E-state index contributed by atoms with van der Waals surface area (Å²) in [7, 11) is 0. The predicted octanol–water partition coefficient (Wildman–Crippen LogP) is 3.61. The van der Waals surface area contributed by atoms with E-state index < -0.39 is 40.4 Å². The quantitative estimate of drug-likeness (QED) is 0.846. The van der Waals surface area contributed by atoms with Crippen LogP contribution in [0.4, 0.5) is 17.6 Å². The van der Waals surface area contributed by atoms with Gasteiger partial charge in [0, 0.05) is 5.56 Å². The van der Waals surface area contributed by atoms with Gasteiger partial charge in [-0.1, -0.05) is 6.07 Å². The summed E-state index contributed by atoms with van der Waals surface area (Å²) >= 11 is 0. The molecule has 0 atom stereocenters. The van der Waals surface area contributed by atoms with Crippen molar-refractivity contribution in [3.05, 3.63) is 59.2 Å². The first kappa shape index (κ1) is 13.1. The van der Waals surface area contributed by atoms with Crippen LogP contribution in [0.25, 0.3) is 11.1 Å². The molecule has 2 aromatic carbocycles. The molecular formula is C13H6F4O2. The van der Waals surface area contributed by atoms with Gasteiger partial charge in [-0.05, 0) is 29.8 Å². The highest BCUT2D eigenvalue weighted by Crippen LogP contribution is 2.27. The molecule has 0 bridgehead atoms. The molecule has 0 amide bonds. The van der Waals surface area contributed by atoms with Crippen LogP contribution in [-0.4, -0.2) is 11.1 Å². The van der Waals surface area contributed by atoms with Crippen molar-refractivity contribution in [3.63, 3.8) is 0 Å². The molecule has 2 nitrogen and oxygen atoms in total. The Morgan fingerprint density at radius 3 is 2.16 bits per heavy atom. The minimum Gasteiger partial charge on any atom is -0.478 e. The first-order valence-electron chi connectivity index (χ1n) is 5.08. The number of rotatable bonds is 2. The van der Waals surface area contributed by atoms with Crippen LogP contribution in [0.2, 0.25) is 0 Å². The maximum atomic E-state index is 13.6. The summed E-state index contributed by atoms with van der Waals surface area (Å²) in [5.41, 5.74) is -1.09. The molecule has 0 saturated carbocycles. The fraction of sp³-hybridized carbons (Fsp3) is 0. The van der Waals surface area contributed by atoms with E-state index >= 15 is 0 Å². The monoisotopic (exact) mass is 270 g/mol. The van der Waals surface area contributed by atoms with Gasteiger partial charge in [0.25, 0.3) is 0 Å². The molecule has 0 fully saturated rings. The van der Waals surface area contributed by atoms with E-state index in [-0.39, 0.29) is 5.56 Å². The highest BCUT2D eigenvalue weighted by Gasteiger charge is 2.16. The van der Waals surface area contributed by atoms with Crippen LogP contribution in [0.15, 0.2) is 30.3 Å². The van der Waals surface area contributed by atoms with Gasteiger partial charge in [-0.15, -0.1) is 0 Å². The van der Waals surface area contributed by atoms with Crippen LogP contribution >= 0.6 is 0 Å². The number of hydrogen-bond acceptors (Lipinski definition) is 1. The zero-order valence-electron chi connectivity index (χ0n) is 9.25. The maximum absolute atomic E-state index is 13.6. The molecule has 2 aromatic rings. The zero-order chi connectivity index (χ0) is 14.2. The van der Waals surface area contributed by atoms with E-state index in [9.17, 15) is 22.4 Å². The minimum absolute atomic E-state index is 0.154. The Morgan fingerprint density at radius 1 is 0.895 bits per heavy atom. The molecular weight excluding hydrogens is 264 g/mol. The van der Waals surface area contributed by atoms with Crippen LogP contribution in [0.1, 0.15) is 10.4 Å². The van der Waals surface area contributed by atoms with Gasteiger partial charge in [0.15, 0.2) is 23.3 Å². The van der Waals surface area contributed by atoms with Gasteiger partial charge in [-0.25, -0.2) is 22.4 Å². The van der Waals surface area contributed by atoms with Gasteiger partial charge >= 0.3 is 5.97 Å². The molecule has 19 heavy (non-hydrogen) atoms. The highest BCUT2D eigenvalue weighted by atomic mass is 19.2. The minimum atomic E-state index is -1.46. The second kappa shape index (κ2) is 4.72. The van der Waals surface area contributed by atoms with E-state index in [2.05, 4.69) is 0 Å². The summed E-state index contributed by atoms with van der Waals surface area (Å²) in [6.07, 6.45) is 0. The Labute approximate surface area is 104 Å². The number of carboxylic acids is 1. The molecule has 0 aliphatic carbocycles. The topological polar surface area (TPSA) is 37.3 Å². The summed E-state index contributed by atoms with van der Waals surface area (Å²) in [4.78, 5) is 10.7. The van der Waals surface area contributed by atoms with E-state index in [0.717, 1.165) is 18.2 Å². The number of carboxylic acid groups (broad SMARTS) is 1. The van der Waals surface area contributed by atoms with Gasteiger partial charge in [-0.3, -0.25) is 0 Å². The normalized spacial score (nSPS) is 10.5. The van der Waals surface area contributed by atoms with Crippen LogP contribution in [0, 0.1) is 23.3 Å². The van der Waals surface area contributed by atoms with Gasteiger partial charge in [-0.2, -0.15) is 0 Å². The summed E-state index contributed by atoms with van der Waals surface area (Å²) < 4.78 is 52.7. The van der Waals surface area contributed by atoms with Gasteiger partial charge in [0.2, 0.25) is 0 Å². The zero-order valence-corrected chi connectivity index (χ0v) is 9.25. The average Bonchev–Trinajstić information content (AvgIpc) is 2.35. The van der Waals surface area contributed by atoms with Crippen LogP contribution in [0.3, 0.4) is 0 Å². The predicted molar refractivity (Wildman–Crippen MR) is 58.7 cm³/mol. The van der Waals surface area contributed by atoms with Crippen LogP contribution in [-0.2, 0) is 0 Å². The summed E-state index contributed by atoms with van der Waals surface area (Å²) in [6.45, 7) is 0. The molecule has 0 radical (unpaired) electrons. The van der Waals surface area contributed by atoms with Gasteiger partial charge in [0.05, 0.1) is 5.56 Å². The molecule has 2 rings (SSSR count). The molecule has 1 N–H and O–H groups in total. The largest absolute Gasteiger partial charge is 0.478 e. The van der Waals surface area contributed by atoms with E-state index in [1.807, 2.05) is 0 Å². The summed E-state index contributed by atoms with van der Waals surface area (Å²) in [6, 6.07) is 3.81. The van der Waals surface area contributed by atoms with E-state index in [0.29, 0.717) is 12.1 Å². The molecule has 98 valence electrons. The summed E-state index contributed by atoms with van der Waals surface area (Å²) in [5.74, 6) is -6.53. The SMILES string of the molecule is O=C(O)c1cc(F)c(F)c(-c2ccc(F)c(F)c2)c1. The maximum Gasteiger partial charge on any atom is 0.335 e. The fourth-order valence-corrected chi connectivity index (χ4v) is 1.59. The third kappa shape index (κ3) is 2.42. The Kier molecular flexibility index (Phi) is 3.25. The lowest BCUT2D eigenvalue weighted by Gasteiger charge is -2.06. The number of carbonyl (C=O) groups is 1. The van der Waals surface area contributed by atoms with Crippen molar-refractivity contribution in [2.24, 2.45) is 0 Å². The first-order chi connectivity index (χ1) is 8.90. The highest BCUT2D eigenvalue weighted by molar-refractivity contribution is 5.89. The lowest BCUT2D eigenvalue weighted by Crippen LogP contribution is -2.01. The lowest BCUT2D eigenvalue weighted by atomic mass is 10.0. The molecule has 6 heteroatoms. The third-order valence-electron chi connectivity index (χ3n) is 2.51. The molecule has 0 saturated heterocycles. The Morgan fingerprint density at radius 2 is 1.58 bits per heavy atom. The Balaban J connectivity index is 2.66. The van der Waals surface area contributed by atoms with Crippen LogP contribution < -0.4 is 0 Å². The number of aromatic carboxylic acids is 1. The molecule has 0 spiro atoms. The van der Waals surface area contributed by atoms with E-state index in [1.54, 1.807) is 0 Å². The number of hydrogen-bond donors (Lipinski definition) is 1. The number of halogens is 4. The Bertz CT molecular complexity index is 668. The van der Waals surface area contributed by atoms with E-state index in [4.69, 9.17) is 5.11 Å². The average molecular weight is 270 g/mol.